The van der Waals surface area contributed by atoms with Crippen molar-refractivity contribution >= 4 is 28.4 Å². The number of pyridine rings is 1. The number of rotatable bonds is 4. The van der Waals surface area contributed by atoms with E-state index >= 15 is 0 Å². The molecule has 26 heavy (non-hydrogen) atoms. The average molecular weight is 372 g/mol. The van der Waals surface area contributed by atoms with Crippen LogP contribution in [0.1, 0.15) is 17.8 Å². The van der Waals surface area contributed by atoms with Crippen LogP contribution in [0.4, 0.5) is 8.78 Å². The number of alkyl halides is 2. The molecule has 3 heterocycles. The number of benzene rings is 1. The summed E-state index contributed by atoms with van der Waals surface area (Å²) >= 11 is 1.14. The van der Waals surface area contributed by atoms with Gasteiger partial charge in [0, 0.05) is 18.0 Å². The molecule has 1 aromatic carbocycles. The number of fused-ring (bicyclic) bond motifs is 2. The summed E-state index contributed by atoms with van der Waals surface area (Å²) < 4.78 is 29.3. The summed E-state index contributed by atoms with van der Waals surface area (Å²) in [6, 6.07) is 11.8. The predicted octanol–water partition coefficient (Wildman–Crippen LogP) is 4.04. The molecule has 8 heteroatoms. The number of aromatic nitrogens is 4. The highest BCUT2D eigenvalue weighted by Gasteiger charge is 2.18. The molecule has 0 spiro atoms. The van der Waals surface area contributed by atoms with Crippen molar-refractivity contribution in [3.8, 4) is 0 Å². The first-order valence-electron chi connectivity index (χ1n) is 7.90. The van der Waals surface area contributed by atoms with Gasteiger partial charge >= 0.3 is 6.55 Å². The predicted molar refractivity (Wildman–Crippen MR) is 96.7 cm³/mol. The van der Waals surface area contributed by atoms with Crippen molar-refractivity contribution in [2.45, 2.75) is 24.4 Å². The van der Waals surface area contributed by atoms with E-state index < -0.39 is 6.55 Å². The van der Waals surface area contributed by atoms with Crippen molar-refractivity contribution < 1.29 is 8.78 Å². The highest BCUT2D eigenvalue weighted by Crippen LogP contribution is 2.30. The summed E-state index contributed by atoms with van der Waals surface area (Å²) in [4.78, 5) is 21.0. The summed E-state index contributed by atoms with van der Waals surface area (Å²) in [6.45, 7) is -0.777. The number of aryl methyl sites for hydroxylation is 1. The van der Waals surface area contributed by atoms with Crippen LogP contribution < -0.4 is 5.56 Å². The Hall–Kier alpha value is -2.74. The van der Waals surface area contributed by atoms with Gasteiger partial charge in [-0.05, 0) is 36.8 Å². The molecule has 0 fully saturated rings. The van der Waals surface area contributed by atoms with Gasteiger partial charge in [-0.2, -0.15) is 8.78 Å². The maximum Gasteiger partial charge on any atom is 0.321 e. The SMILES string of the molecule is Cc1ccn2c(=O)cc(CSc3nc4ccccc4n3C(F)F)nc2c1. The Morgan fingerprint density at radius 2 is 1.96 bits per heavy atom. The number of thioether (sulfide) groups is 1. The van der Waals surface area contributed by atoms with Gasteiger partial charge in [0.2, 0.25) is 0 Å². The van der Waals surface area contributed by atoms with E-state index in [1.165, 1.54) is 10.5 Å². The lowest BCUT2D eigenvalue weighted by Crippen LogP contribution is -2.15. The highest BCUT2D eigenvalue weighted by atomic mass is 32.2. The van der Waals surface area contributed by atoms with Crippen LogP contribution in [0.2, 0.25) is 0 Å². The van der Waals surface area contributed by atoms with Gasteiger partial charge < -0.3 is 0 Å². The number of nitrogens with zero attached hydrogens (tertiary/aromatic N) is 4. The van der Waals surface area contributed by atoms with Gasteiger partial charge in [-0.15, -0.1) is 0 Å². The quantitative estimate of drug-likeness (QED) is 0.508. The summed E-state index contributed by atoms with van der Waals surface area (Å²) in [7, 11) is 0. The maximum atomic E-state index is 13.5. The number of halogens is 2. The molecule has 5 nitrogen and oxygen atoms in total. The fourth-order valence-corrected chi connectivity index (χ4v) is 3.68. The lowest BCUT2D eigenvalue weighted by molar-refractivity contribution is 0.0656. The molecule has 0 aliphatic heterocycles. The molecule has 132 valence electrons. The second-order valence-corrected chi connectivity index (χ2v) is 6.78. The lowest BCUT2D eigenvalue weighted by atomic mass is 10.3. The molecular weight excluding hydrogens is 358 g/mol. The van der Waals surface area contributed by atoms with Crippen molar-refractivity contribution in [1.29, 1.82) is 0 Å². The van der Waals surface area contributed by atoms with E-state index in [-0.39, 0.29) is 16.5 Å². The second-order valence-electron chi connectivity index (χ2n) is 5.84. The number of hydrogen-bond acceptors (Lipinski definition) is 4. The largest absolute Gasteiger partial charge is 0.321 e. The van der Waals surface area contributed by atoms with Gasteiger partial charge in [0.15, 0.2) is 5.16 Å². The number of imidazole rings is 1. The molecule has 0 bridgehead atoms. The Balaban J connectivity index is 1.69. The second kappa shape index (κ2) is 6.53. The summed E-state index contributed by atoms with van der Waals surface area (Å²) in [5, 5.41) is 0.201. The van der Waals surface area contributed by atoms with E-state index in [0.717, 1.165) is 21.9 Å². The molecule has 0 saturated heterocycles. The molecule has 0 aliphatic carbocycles. The van der Waals surface area contributed by atoms with Crippen molar-refractivity contribution in [3.63, 3.8) is 0 Å². The Morgan fingerprint density at radius 1 is 1.15 bits per heavy atom. The minimum atomic E-state index is -2.69. The Kier molecular flexibility index (Phi) is 4.20. The van der Waals surface area contributed by atoms with E-state index in [9.17, 15) is 13.6 Å². The van der Waals surface area contributed by atoms with Gasteiger partial charge in [0.25, 0.3) is 5.56 Å². The van der Waals surface area contributed by atoms with Gasteiger partial charge in [0.05, 0.1) is 16.7 Å². The molecule has 3 aromatic heterocycles. The van der Waals surface area contributed by atoms with Crippen molar-refractivity contribution in [2.75, 3.05) is 0 Å². The molecule has 0 aliphatic rings. The fourth-order valence-electron chi connectivity index (χ4n) is 2.78. The fraction of sp³-hybridized carbons (Fsp3) is 0.167. The van der Waals surface area contributed by atoms with Gasteiger partial charge in [-0.3, -0.25) is 13.8 Å². The molecule has 0 amide bonds. The molecule has 4 aromatic rings. The van der Waals surface area contributed by atoms with Crippen LogP contribution in [-0.2, 0) is 5.75 Å². The summed E-state index contributed by atoms with van der Waals surface area (Å²) in [5.74, 6) is 0.274. The van der Waals surface area contributed by atoms with Crippen LogP contribution >= 0.6 is 11.8 Å². The van der Waals surface area contributed by atoms with Crippen LogP contribution in [0.25, 0.3) is 16.7 Å². The van der Waals surface area contributed by atoms with Gasteiger partial charge in [-0.1, -0.05) is 23.9 Å². The minimum absolute atomic E-state index is 0.201. The van der Waals surface area contributed by atoms with Crippen molar-refractivity contribution in [1.82, 2.24) is 18.9 Å². The standard InChI is InChI=1S/C18H14F2N4OS/c1-11-6-7-23-15(8-11)21-12(9-16(23)25)10-26-18-22-13-4-2-3-5-14(13)24(18)17(19)20/h2-9,17H,10H2,1H3. The molecule has 0 N–H and O–H groups in total. The monoisotopic (exact) mass is 372 g/mol. The van der Waals surface area contributed by atoms with Crippen LogP contribution in [-0.4, -0.2) is 18.9 Å². The molecule has 4 rings (SSSR count). The Labute approximate surface area is 151 Å². The van der Waals surface area contributed by atoms with Crippen molar-refractivity contribution in [2.24, 2.45) is 0 Å². The lowest BCUT2D eigenvalue weighted by Gasteiger charge is -2.08. The average Bonchev–Trinajstić information content (AvgIpc) is 2.98. The molecule has 0 unspecified atom stereocenters. The smallest absolute Gasteiger partial charge is 0.269 e. The third-order valence-electron chi connectivity index (χ3n) is 3.98. The van der Waals surface area contributed by atoms with E-state index in [1.807, 2.05) is 19.1 Å². The Bertz CT molecular complexity index is 1170. The highest BCUT2D eigenvalue weighted by molar-refractivity contribution is 7.98. The van der Waals surface area contributed by atoms with E-state index in [2.05, 4.69) is 9.97 Å². The number of hydrogen-bond donors (Lipinski definition) is 0. The van der Waals surface area contributed by atoms with Crippen LogP contribution in [0.3, 0.4) is 0 Å². The zero-order valence-electron chi connectivity index (χ0n) is 13.8. The zero-order chi connectivity index (χ0) is 18.3. The molecular formula is C18H14F2N4OS. The van der Waals surface area contributed by atoms with Gasteiger partial charge in [0.1, 0.15) is 5.65 Å². The first-order valence-corrected chi connectivity index (χ1v) is 8.88. The minimum Gasteiger partial charge on any atom is -0.269 e. The first kappa shape index (κ1) is 16.7. The molecule has 0 atom stereocenters. The Morgan fingerprint density at radius 3 is 2.77 bits per heavy atom. The zero-order valence-corrected chi connectivity index (χ0v) is 14.6. The summed E-state index contributed by atoms with van der Waals surface area (Å²) in [5.41, 5.74) is 2.74. The van der Waals surface area contributed by atoms with Gasteiger partial charge in [-0.25, -0.2) is 9.97 Å². The number of para-hydroxylation sites is 2. The van der Waals surface area contributed by atoms with Crippen LogP contribution in [0.15, 0.2) is 58.6 Å². The van der Waals surface area contributed by atoms with Crippen molar-refractivity contribution in [3.05, 3.63) is 70.3 Å². The van der Waals surface area contributed by atoms with E-state index in [0.29, 0.717) is 22.4 Å². The van der Waals surface area contributed by atoms with Crippen LogP contribution in [0.5, 0.6) is 0 Å². The maximum absolute atomic E-state index is 13.5. The molecule has 0 radical (unpaired) electrons. The third kappa shape index (κ3) is 2.96. The molecule has 0 saturated carbocycles. The first-order chi connectivity index (χ1) is 12.5. The topological polar surface area (TPSA) is 52.2 Å². The van der Waals surface area contributed by atoms with Crippen LogP contribution in [0, 0.1) is 6.92 Å². The normalized spacial score (nSPS) is 11.7. The van der Waals surface area contributed by atoms with E-state index in [1.54, 1.807) is 30.5 Å². The van der Waals surface area contributed by atoms with E-state index in [4.69, 9.17) is 0 Å². The summed E-state index contributed by atoms with van der Waals surface area (Å²) in [6.07, 6.45) is 1.67. The third-order valence-corrected chi connectivity index (χ3v) is 4.97.